The van der Waals surface area contributed by atoms with Gasteiger partial charge in [0, 0.05) is 28.6 Å². The summed E-state index contributed by atoms with van der Waals surface area (Å²) in [6.07, 6.45) is 1.80. The van der Waals surface area contributed by atoms with Crippen molar-refractivity contribution < 1.29 is 8.42 Å². The second-order valence-electron chi connectivity index (χ2n) is 2.50. The Morgan fingerprint density at radius 3 is 2.64 bits per heavy atom. The smallest absolute Gasteiger partial charge is 0.195 e. The van der Waals surface area contributed by atoms with Crippen molar-refractivity contribution >= 4 is 35.8 Å². The van der Waals surface area contributed by atoms with Crippen molar-refractivity contribution in [3.05, 3.63) is 0 Å². The van der Waals surface area contributed by atoms with Crippen molar-refractivity contribution in [2.24, 2.45) is 0 Å². The van der Waals surface area contributed by atoms with Crippen LogP contribution >= 0.6 is 26.6 Å². The highest BCUT2D eigenvalue weighted by atomic mass is 79.9. The Morgan fingerprint density at radius 2 is 2.27 bits per heavy atom. The fourth-order valence-corrected chi connectivity index (χ4v) is 3.54. The predicted octanol–water partition coefficient (Wildman–Crippen LogP) is 1.33. The van der Waals surface area contributed by atoms with E-state index in [4.69, 9.17) is 10.7 Å². The number of rotatable bonds is 2. The molecule has 1 atom stereocenters. The zero-order chi connectivity index (χ0) is 8.48. The van der Waals surface area contributed by atoms with E-state index in [0.29, 0.717) is 11.9 Å². The Balaban J connectivity index is 2.72. The molecule has 0 spiro atoms. The van der Waals surface area contributed by atoms with Crippen molar-refractivity contribution in [3.63, 3.8) is 0 Å². The molecule has 1 rings (SSSR count). The van der Waals surface area contributed by atoms with E-state index >= 15 is 0 Å². The van der Waals surface area contributed by atoms with Crippen LogP contribution in [0, 0.1) is 0 Å². The first-order valence-electron chi connectivity index (χ1n) is 3.33. The standard InChI is InChI=1S/C5H9BrClNO2S/c6-4-5-2-1-3-8(5)11(7,9)10/h5H,1-4H2/t5-/m0/s1. The second kappa shape index (κ2) is 3.60. The minimum Gasteiger partial charge on any atom is -0.195 e. The van der Waals surface area contributed by atoms with Crippen LogP contribution in [0.5, 0.6) is 0 Å². The van der Waals surface area contributed by atoms with E-state index in [2.05, 4.69) is 15.9 Å². The average molecular weight is 263 g/mol. The fraction of sp³-hybridized carbons (Fsp3) is 1.00. The third kappa shape index (κ3) is 2.31. The summed E-state index contributed by atoms with van der Waals surface area (Å²) in [5, 5.41) is 0.666. The monoisotopic (exact) mass is 261 g/mol. The molecule has 6 heteroatoms. The molecule has 3 nitrogen and oxygen atoms in total. The second-order valence-corrected chi connectivity index (χ2v) is 5.61. The van der Waals surface area contributed by atoms with Gasteiger partial charge in [-0.05, 0) is 12.8 Å². The summed E-state index contributed by atoms with van der Waals surface area (Å²) in [5.74, 6) is 0. The van der Waals surface area contributed by atoms with Crippen molar-refractivity contribution in [2.45, 2.75) is 18.9 Å². The van der Waals surface area contributed by atoms with Crippen molar-refractivity contribution in [1.82, 2.24) is 4.31 Å². The van der Waals surface area contributed by atoms with Crippen LogP contribution in [-0.4, -0.2) is 30.6 Å². The Morgan fingerprint density at radius 1 is 1.64 bits per heavy atom. The Bertz CT molecular complexity index is 231. The lowest BCUT2D eigenvalue weighted by Gasteiger charge is -2.17. The van der Waals surface area contributed by atoms with Gasteiger partial charge in [-0.25, -0.2) is 0 Å². The molecule has 0 aliphatic carbocycles. The Hall–Kier alpha value is 0.680. The van der Waals surface area contributed by atoms with Crippen molar-refractivity contribution in [2.75, 3.05) is 11.9 Å². The molecule has 1 aliphatic heterocycles. The lowest BCUT2D eigenvalue weighted by molar-refractivity contribution is 0.424. The highest BCUT2D eigenvalue weighted by Gasteiger charge is 2.31. The van der Waals surface area contributed by atoms with E-state index < -0.39 is 9.24 Å². The summed E-state index contributed by atoms with van der Waals surface area (Å²) in [6, 6.07) is 0.0532. The van der Waals surface area contributed by atoms with E-state index in [1.54, 1.807) is 0 Å². The molecule has 0 N–H and O–H groups in total. The van der Waals surface area contributed by atoms with Crippen LogP contribution in [0.1, 0.15) is 12.8 Å². The molecule has 1 aliphatic rings. The highest BCUT2D eigenvalue weighted by Crippen LogP contribution is 2.23. The largest absolute Gasteiger partial charge is 0.300 e. The Kier molecular flexibility index (Phi) is 3.19. The quantitative estimate of drug-likeness (QED) is 0.556. The number of nitrogens with zero attached hydrogens (tertiary/aromatic N) is 1. The maximum atomic E-state index is 10.9. The zero-order valence-corrected chi connectivity index (χ0v) is 8.99. The third-order valence-corrected chi connectivity index (χ3v) is 4.10. The molecule has 0 saturated carbocycles. The summed E-state index contributed by atoms with van der Waals surface area (Å²) in [6.45, 7) is 0.558. The van der Waals surface area contributed by atoms with Gasteiger partial charge in [0.2, 0.25) is 0 Å². The van der Waals surface area contributed by atoms with Crippen LogP contribution in [0.4, 0.5) is 0 Å². The van der Waals surface area contributed by atoms with E-state index in [1.807, 2.05) is 0 Å². The summed E-state index contributed by atoms with van der Waals surface area (Å²) >= 11 is 3.24. The average Bonchev–Trinajstić information content (AvgIpc) is 2.31. The first-order valence-corrected chi connectivity index (χ1v) is 6.72. The fourth-order valence-electron chi connectivity index (χ4n) is 1.25. The van der Waals surface area contributed by atoms with Gasteiger partial charge in [0.25, 0.3) is 9.24 Å². The third-order valence-electron chi connectivity index (χ3n) is 1.78. The molecule has 1 fully saturated rings. The van der Waals surface area contributed by atoms with E-state index in [9.17, 15) is 8.42 Å². The molecule has 0 aromatic heterocycles. The first-order chi connectivity index (χ1) is 5.05. The molecule has 0 bridgehead atoms. The van der Waals surface area contributed by atoms with E-state index in [0.717, 1.165) is 12.8 Å². The van der Waals surface area contributed by atoms with E-state index in [1.165, 1.54) is 4.31 Å². The van der Waals surface area contributed by atoms with Crippen molar-refractivity contribution in [3.8, 4) is 0 Å². The summed E-state index contributed by atoms with van der Waals surface area (Å²) < 4.78 is 23.1. The van der Waals surface area contributed by atoms with Gasteiger partial charge in [-0.3, -0.25) is 0 Å². The molecule has 0 aromatic carbocycles. The van der Waals surface area contributed by atoms with Gasteiger partial charge in [-0.1, -0.05) is 15.9 Å². The van der Waals surface area contributed by atoms with Gasteiger partial charge < -0.3 is 0 Å². The topological polar surface area (TPSA) is 37.4 Å². The van der Waals surface area contributed by atoms with Crippen LogP contribution in [0.3, 0.4) is 0 Å². The molecule has 1 saturated heterocycles. The lowest BCUT2D eigenvalue weighted by atomic mass is 10.3. The van der Waals surface area contributed by atoms with Crippen LogP contribution in [0.15, 0.2) is 0 Å². The number of alkyl halides is 1. The first kappa shape index (κ1) is 9.77. The van der Waals surface area contributed by atoms with Gasteiger partial charge in [-0.15, -0.1) is 0 Å². The molecule has 0 amide bonds. The van der Waals surface area contributed by atoms with Gasteiger partial charge in [-0.2, -0.15) is 12.7 Å². The van der Waals surface area contributed by atoms with Gasteiger partial charge in [0.05, 0.1) is 0 Å². The molecule has 1 heterocycles. The maximum absolute atomic E-state index is 10.9. The Labute approximate surface area is 79.4 Å². The van der Waals surface area contributed by atoms with Gasteiger partial charge >= 0.3 is 0 Å². The summed E-state index contributed by atoms with van der Waals surface area (Å²) in [7, 11) is 1.70. The van der Waals surface area contributed by atoms with Gasteiger partial charge in [0.15, 0.2) is 0 Å². The minimum atomic E-state index is -3.49. The SMILES string of the molecule is O=S(=O)(Cl)N1CCC[C@H]1CBr. The van der Waals surface area contributed by atoms with Crippen molar-refractivity contribution in [1.29, 1.82) is 0 Å². The van der Waals surface area contributed by atoms with Gasteiger partial charge in [0.1, 0.15) is 0 Å². The zero-order valence-electron chi connectivity index (χ0n) is 5.83. The maximum Gasteiger partial charge on any atom is 0.300 e. The van der Waals surface area contributed by atoms with Crippen LogP contribution in [-0.2, 0) is 9.24 Å². The molecule has 0 radical (unpaired) electrons. The van der Waals surface area contributed by atoms with Crippen LogP contribution in [0.25, 0.3) is 0 Å². The minimum absolute atomic E-state index is 0.0532. The van der Waals surface area contributed by atoms with E-state index in [-0.39, 0.29) is 6.04 Å². The molecule has 11 heavy (non-hydrogen) atoms. The molecule has 0 aromatic rings. The highest BCUT2D eigenvalue weighted by molar-refractivity contribution is 9.09. The normalized spacial score (nSPS) is 27.6. The molecule has 66 valence electrons. The number of hydrogen-bond donors (Lipinski definition) is 0. The predicted molar refractivity (Wildman–Crippen MR) is 48.3 cm³/mol. The summed E-state index contributed by atoms with van der Waals surface area (Å²) in [4.78, 5) is 0. The van der Waals surface area contributed by atoms with Crippen LogP contribution < -0.4 is 0 Å². The molecular formula is C5H9BrClNO2S. The lowest BCUT2D eigenvalue weighted by Crippen LogP contribution is -2.33. The number of halogens is 2. The summed E-state index contributed by atoms with van der Waals surface area (Å²) in [5.41, 5.74) is 0. The van der Waals surface area contributed by atoms with Crippen LogP contribution in [0.2, 0.25) is 0 Å². The molecular weight excluding hydrogens is 253 g/mol. The number of hydrogen-bond acceptors (Lipinski definition) is 2. The molecule has 0 unspecified atom stereocenters.